The molecule has 26 heavy (non-hydrogen) atoms. The Kier molecular flexibility index (Phi) is 6.09. The summed E-state index contributed by atoms with van der Waals surface area (Å²) in [4.78, 5) is 30.3. The van der Waals surface area contributed by atoms with Gasteiger partial charge in [-0.15, -0.1) is 0 Å². The van der Waals surface area contributed by atoms with Gasteiger partial charge in [0, 0.05) is 24.7 Å². The molecule has 0 atom stereocenters. The number of carbonyl (C=O) groups is 2. The summed E-state index contributed by atoms with van der Waals surface area (Å²) in [5, 5.41) is 4.34. The number of nitrogens with one attached hydrogen (secondary N) is 1. The highest BCUT2D eigenvalue weighted by Crippen LogP contribution is 2.26. The van der Waals surface area contributed by atoms with E-state index in [1.54, 1.807) is 7.05 Å². The van der Waals surface area contributed by atoms with Gasteiger partial charge < -0.3 is 14.8 Å². The van der Waals surface area contributed by atoms with E-state index in [9.17, 15) is 9.59 Å². The number of hydrogen-bond acceptors (Lipinski definition) is 4. The number of aromatic nitrogens is 2. The zero-order chi connectivity index (χ0) is 18.7. The van der Waals surface area contributed by atoms with Crippen LogP contribution < -0.4 is 5.32 Å². The molecule has 1 aromatic carbocycles. The van der Waals surface area contributed by atoms with Crippen molar-refractivity contribution in [3.05, 3.63) is 23.2 Å². The van der Waals surface area contributed by atoms with Crippen LogP contribution in [0.25, 0.3) is 11.0 Å². The largest absolute Gasteiger partial charge is 0.352 e. The SMILES string of the molecule is CCCn1c(SCC(=O)N(C)CC(=O)NC2CC2)nc2cc(Cl)ccc21. The molecule has 0 bridgehead atoms. The minimum Gasteiger partial charge on any atom is -0.352 e. The highest BCUT2D eigenvalue weighted by molar-refractivity contribution is 7.99. The van der Waals surface area contributed by atoms with Crippen LogP contribution in [0.4, 0.5) is 0 Å². The van der Waals surface area contributed by atoms with E-state index in [4.69, 9.17) is 11.6 Å². The number of rotatable bonds is 8. The second-order valence-electron chi connectivity index (χ2n) is 6.56. The number of benzene rings is 1. The van der Waals surface area contributed by atoms with Gasteiger partial charge in [0.2, 0.25) is 11.8 Å². The van der Waals surface area contributed by atoms with E-state index in [2.05, 4.69) is 21.8 Å². The van der Waals surface area contributed by atoms with E-state index in [-0.39, 0.29) is 24.1 Å². The zero-order valence-electron chi connectivity index (χ0n) is 15.0. The maximum atomic E-state index is 12.4. The van der Waals surface area contributed by atoms with Gasteiger partial charge in [-0.25, -0.2) is 4.98 Å². The average molecular weight is 395 g/mol. The van der Waals surface area contributed by atoms with Crippen molar-refractivity contribution in [1.29, 1.82) is 0 Å². The number of carbonyl (C=O) groups excluding carboxylic acids is 2. The van der Waals surface area contributed by atoms with Crippen molar-refractivity contribution in [2.75, 3.05) is 19.3 Å². The summed E-state index contributed by atoms with van der Waals surface area (Å²) in [5.74, 6) is 0.0591. The molecule has 1 N–H and O–H groups in total. The monoisotopic (exact) mass is 394 g/mol. The smallest absolute Gasteiger partial charge is 0.239 e. The van der Waals surface area contributed by atoms with Gasteiger partial charge in [0.05, 0.1) is 23.3 Å². The Bertz CT molecular complexity index is 819. The maximum absolute atomic E-state index is 12.4. The highest BCUT2D eigenvalue weighted by atomic mass is 35.5. The van der Waals surface area contributed by atoms with Crippen molar-refractivity contribution in [1.82, 2.24) is 19.8 Å². The third-order valence-corrected chi connectivity index (χ3v) is 5.39. The highest BCUT2D eigenvalue weighted by Gasteiger charge is 2.24. The summed E-state index contributed by atoms with van der Waals surface area (Å²) < 4.78 is 2.11. The van der Waals surface area contributed by atoms with Crippen LogP contribution in [0.3, 0.4) is 0 Å². The normalized spacial score (nSPS) is 13.8. The molecule has 1 fully saturated rings. The summed E-state index contributed by atoms with van der Waals surface area (Å²) in [6.07, 6.45) is 3.05. The Hall–Kier alpha value is -1.73. The quantitative estimate of drug-likeness (QED) is 0.699. The van der Waals surface area contributed by atoms with Crippen molar-refractivity contribution >= 4 is 46.2 Å². The van der Waals surface area contributed by atoms with Gasteiger partial charge in [0.15, 0.2) is 5.16 Å². The number of halogens is 1. The Balaban J connectivity index is 1.63. The third-order valence-electron chi connectivity index (χ3n) is 4.20. The molecule has 0 saturated heterocycles. The molecule has 0 unspecified atom stereocenters. The molecule has 3 rings (SSSR count). The van der Waals surface area contributed by atoms with Gasteiger partial charge in [-0.3, -0.25) is 9.59 Å². The summed E-state index contributed by atoms with van der Waals surface area (Å²) in [5.41, 5.74) is 1.85. The van der Waals surface area contributed by atoms with Crippen LogP contribution in [0.2, 0.25) is 5.02 Å². The Morgan fingerprint density at radius 1 is 1.42 bits per heavy atom. The molecular weight excluding hydrogens is 372 g/mol. The van der Waals surface area contributed by atoms with Crippen LogP contribution in [-0.4, -0.2) is 51.7 Å². The molecule has 0 spiro atoms. The molecule has 1 aromatic heterocycles. The van der Waals surface area contributed by atoms with Crippen molar-refractivity contribution in [3.8, 4) is 0 Å². The van der Waals surface area contributed by atoms with E-state index in [0.717, 1.165) is 42.0 Å². The Morgan fingerprint density at radius 2 is 2.19 bits per heavy atom. The first-order valence-electron chi connectivity index (χ1n) is 8.80. The van der Waals surface area contributed by atoms with Crippen molar-refractivity contribution in [3.63, 3.8) is 0 Å². The number of hydrogen-bond donors (Lipinski definition) is 1. The first-order chi connectivity index (χ1) is 12.5. The molecule has 0 aliphatic heterocycles. The zero-order valence-corrected chi connectivity index (χ0v) is 16.6. The Morgan fingerprint density at radius 3 is 2.88 bits per heavy atom. The average Bonchev–Trinajstić information content (AvgIpc) is 3.34. The lowest BCUT2D eigenvalue weighted by molar-refractivity contribution is -0.132. The molecule has 2 amide bonds. The van der Waals surface area contributed by atoms with Gasteiger partial charge in [-0.05, 0) is 37.5 Å². The van der Waals surface area contributed by atoms with Gasteiger partial charge in [0.25, 0.3) is 0 Å². The number of nitrogens with zero attached hydrogens (tertiary/aromatic N) is 3. The number of thioether (sulfide) groups is 1. The van der Waals surface area contributed by atoms with Crippen LogP contribution >= 0.6 is 23.4 Å². The van der Waals surface area contributed by atoms with Crippen LogP contribution in [0.1, 0.15) is 26.2 Å². The number of amides is 2. The van der Waals surface area contributed by atoms with Gasteiger partial charge in [0.1, 0.15) is 0 Å². The number of likely N-dealkylation sites (N-methyl/N-ethyl adjacent to an activating group) is 1. The summed E-state index contributed by atoms with van der Waals surface area (Å²) >= 11 is 7.45. The first kappa shape index (κ1) is 19.0. The van der Waals surface area contributed by atoms with E-state index in [0.29, 0.717) is 11.1 Å². The molecule has 1 saturated carbocycles. The summed E-state index contributed by atoms with van der Waals surface area (Å²) in [6.45, 7) is 3.03. The Labute approximate surface area is 162 Å². The number of aryl methyl sites for hydroxylation is 1. The molecule has 1 aliphatic rings. The van der Waals surface area contributed by atoms with E-state index in [1.807, 2.05) is 18.2 Å². The molecule has 140 valence electrons. The van der Waals surface area contributed by atoms with Crippen molar-refractivity contribution < 1.29 is 9.59 Å². The maximum Gasteiger partial charge on any atom is 0.239 e. The van der Waals surface area contributed by atoms with Gasteiger partial charge in [-0.1, -0.05) is 30.3 Å². The van der Waals surface area contributed by atoms with Crippen molar-refractivity contribution in [2.24, 2.45) is 0 Å². The predicted octanol–water partition coefficient (Wildman–Crippen LogP) is 2.93. The van der Waals surface area contributed by atoms with E-state index < -0.39 is 0 Å². The fourth-order valence-electron chi connectivity index (χ4n) is 2.67. The van der Waals surface area contributed by atoms with Crippen LogP contribution in [0.5, 0.6) is 0 Å². The van der Waals surface area contributed by atoms with Crippen molar-refractivity contribution in [2.45, 2.75) is 43.9 Å². The van der Waals surface area contributed by atoms with Gasteiger partial charge >= 0.3 is 0 Å². The second-order valence-corrected chi connectivity index (χ2v) is 7.94. The number of fused-ring (bicyclic) bond motifs is 1. The number of imidazole rings is 1. The molecule has 6 nitrogen and oxygen atoms in total. The fraction of sp³-hybridized carbons (Fsp3) is 0.500. The predicted molar refractivity (Wildman–Crippen MR) is 105 cm³/mol. The molecule has 0 radical (unpaired) electrons. The minimum absolute atomic E-state index is 0.0888. The second kappa shape index (κ2) is 8.31. The molecular formula is C18H23ClN4O2S. The molecule has 1 heterocycles. The summed E-state index contributed by atoms with van der Waals surface area (Å²) in [6, 6.07) is 5.95. The molecule has 8 heteroatoms. The summed E-state index contributed by atoms with van der Waals surface area (Å²) in [7, 11) is 1.66. The lowest BCUT2D eigenvalue weighted by Gasteiger charge is -2.16. The van der Waals surface area contributed by atoms with Crippen LogP contribution in [0, 0.1) is 0 Å². The molecule has 2 aromatic rings. The van der Waals surface area contributed by atoms with E-state index >= 15 is 0 Å². The van der Waals surface area contributed by atoms with E-state index in [1.165, 1.54) is 16.7 Å². The third kappa shape index (κ3) is 4.71. The van der Waals surface area contributed by atoms with Crippen LogP contribution in [0.15, 0.2) is 23.4 Å². The standard InChI is InChI=1S/C18H23ClN4O2S/c1-3-8-23-15-7-4-12(19)9-14(15)21-18(23)26-11-17(25)22(2)10-16(24)20-13-5-6-13/h4,7,9,13H,3,5-6,8,10-11H2,1-2H3,(H,20,24). The fourth-order valence-corrected chi connectivity index (χ4v) is 3.82. The van der Waals surface area contributed by atoms with Crippen LogP contribution in [-0.2, 0) is 16.1 Å². The topological polar surface area (TPSA) is 67.2 Å². The first-order valence-corrected chi connectivity index (χ1v) is 10.2. The minimum atomic E-state index is -0.0961. The lowest BCUT2D eigenvalue weighted by Crippen LogP contribution is -2.39. The van der Waals surface area contributed by atoms with Gasteiger partial charge in [-0.2, -0.15) is 0 Å². The lowest BCUT2D eigenvalue weighted by atomic mass is 10.3. The molecule has 1 aliphatic carbocycles.